The number of rotatable bonds is 8. The van der Waals surface area contributed by atoms with Crippen LogP contribution in [0.25, 0.3) is 95.0 Å². The fraction of sp³-hybridized carbons (Fsp3) is 0.129. The van der Waals surface area contributed by atoms with Gasteiger partial charge >= 0.3 is 0 Å². The van der Waals surface area contributed by atoms with Crippen LogP contribution >= 0.6 is 0 Å². The molecule has 2 aromatic heterocycles. The molecule has 10 rings (SSSR count). The molecule has 10 aromatic rings. The van der Waals surface area contributed by atoms with Crippen LogP contribution in [0.3, 0.4) is 0 Å². The summed E-state index contributed by atoms with van der Waals surface area (Å²) in [7, 11) is 0. The lowest BCUT2D eigenvalue weighted by Gasteiger charge is -2.23. The Hall–Kier alpha value is -7.82. The van der Waals surface area contributed by atoms with Gasteiger partial charge in [0.15, 0.2) is 0 Å². The number of imidazole rings is 1. The summed E-state index contributed by atoms with van der Waals surface area (Å²) in [6.07, 6.45) is 1.91. The molecular weight excluding hydrogens is 803 g/mol. The first-order chi connectivity index (χ1) is 31.9. The zero-order chi connectivity index (χ0) is 45.6. The van der Waals surface area contributed by atoms with E-state index in [0.717, 1.165) is 72.5 Å². The van der Waals surface area contributed by atoms with Crippen molar-refractivity contribution in [2.24, 2.45) is 0 Å². The third-order valence-electron chi connectivity index (χ3n) is 12.7. The van der Waals surface area contributed by atoms with Crippen LogP contribution in [-0.4, -0.2) is 19.6 Å². The van der Waals surface area contributed by atoms with Crippen LogP contribution in [0.5, 0.6) is 5.75 Å². The van der Waals surface area contributed by atoms with Gasteiger partial charge in [0.2, 0.25) is 0 Å². The van der Waals surface area contributed by atoms with Gasteiger partial charge in [-0.2, -0.15) is 0 Å². The van der Waals surface area contributed by atoms with Crippen LogP contribution < -0.4 is 0 Å². The van der Waals surface area contributed by atoms with Crippen LogP contribution in [-0.2, 0) is 10.8 Å². The first-order valence-electron chi connectivity index (χ1n) is 22.8. The summed E-state index contributed by atoms with van der Waals surface area (Å²) in [6.45, 7) is 13.5. The molecule has 0 aliphatic rings. The Bertz CT molecular complexity index is 3350. The zero-order valence-electron chi connectivity index (χ0n) is 38.4. The van der Waals surface area contributed by atoms with Gasteiger partial charge in [0.25, 0.3) is 0 Å². The summed E-state index contributed by atoms with van der Waals surface area (Å²) in [4.78, 5) is 10.5. The largest absolute Gasteiger partial charge is 0.507 e. The maximum Gasteiger partial charge on any atom is 0.149 e. The predicted molar refractivity (Wildman–Crippen MR) is 276 cm³/mol. The van der Waals surface area contributed by atoms with Gasteiger partial charge in [-0.05, 0) is 127 Å². The molecule has 2 heterocycles. The Morgan fingerprint density at radius 2 is 0.939 bits per heavy atom. The highest BCUT2D eigenvalue weighted by molar-refractivity contribution is 5.98. The number of nitrogens with zero attached hydrogens (tertiary/aromatic N) is 3. The van der Waals surface area contributed by atoms with Crippen molar-refractivity contribution in [1.29, 1.82) is 0 Å². The molecule has 322 valence electrons. The van der Waals surface area contributed by atoms with Gasteiger partial charge in [-0.3, -0.25) is 9.55 Å². The molecule has 8 aromatic carbocycles. The Balaban J connectivity index is 1.17. The standard InChI is InChI=1S/C62H53N3O/c1-61(2,3)50-30-28-45(29-31-50)54-40-51(62(4,5)6)32-33-56(54)65-57-22-15-21-52(59(57)64-60(65)53-20-13-14-23-58(53)66)48-36-47(42-18-11-8-12-19-42)37-49(38-48)55-39-46(34-35-63-55)44-26-24-43(25-27-44)41-16-9-7-10-17-41/h7-40,66H,1-6H3. The number of fused-ring (bicyclic) bond motifs is 1. The van der Waals surface area contributed by atoms with Gasteiger partial charge in [-0.15, -0.1) is 0 Å². The van der Waals surface area contributed by atoms with E-state index >= 15 is 0 Å². The highest BCUT2D eigenvalue weighted by atomic mass is 16.3. The molecule has 0 atom stereocenters. The number of para-hydroxylation sites is 2. The third-order valence-corrected chi connectivity index (χ3v) is 12.7. The molecule has 4 heteroatoms. The maximum atomic E-state index is 11.5. The average molecular weight is 856 g/mol. The lowest BCUT2D eigenvalue weighted by Crippen LogP contribution is -2.12. The van der Waals surface area contributed by atoms with E-state index in [1.807, 2.05) is 30.5 Å². The second kappa shape index (κ2) is 17.0. The van der Waals surface area contributed by atoms with E-state index in [1.54, 1.807) is 6.07 Å². The molecule has 0 amide bonds. The first kappa shape index (κ1) is 42.1. The van der Waals surface area contributed by atoms with Crippen molar-refractivity contribution in [1.82, 2.24) is 14.5 Å². The second-order valence-electron chi connectivity index (χ2n) is 19.3. The number of phenolic OH excluding ortho intramolecular Hbond substituents is 1. The Kier molecular flexibility index (Phi) is 10.8. The van der Waals surface area contributed by atoms with Gasteiger partial charge < -0.3 is 5.11 Å². The van der Waals surface area contributed by atoms with Crippen LogP contribution in [0.1, 0.15) is 52.7 Å². The van der Waals surface area contributed by atoms with Crippen LogP contribution in [0.15, 0.2) is 206 Å². The lowest BCUT2D eigenvalue weighted by molar-refractivity contribution is 0.477. The second-order valence-corrected chi connectivity index (χ2v) is 19.3. The minimum absolute atomic E-state index is 0.0230. The van der Waals surface area contributed by atoms with E-state index < -0.39 is 0 Å². The van der Waals surface area contributed by atoms with Gasteiger partial charge in [0.05, 0.1) is 28.0 Å². The number of phenols is 1. The summed E-state index contributed by atoms with van der Waals surface area (Å²) in [5, 5.41) is 11.5. The predicted octanol–water partition coefficient (Wildman–Crippen LogP) is 16.4. The molecule has 0 aliphatic carbocycles. The molecule has 0 aliphatic heterocycles. The fourth-order valence-electron chi connectivity index (χ4n) is 8.98. The molecular formula is C62H53N3O. The molecule has 0 saturated heterocycles. The Morgan fingerprint density at radius 3 is 1.61 bits per heavy atom. The molecule has 0 fully saturated rings. The van der Waals surface area contributed by atoms with Crippen LogP contribution in [0.4, 0.5) is 0 Å². The third kappa shape index (κ3) is 8.23. The molecule has 4 nitrogen and oxygen atoms in total. The first-order valence-corrected chi connectivity index (χ1v) is 22.8. The van der Waals surface area contributed by atoms with E-state index in [4.69, 9.17) is 9.97 Å². The lowest BCUT2D eigenvalue weighted by atomic mass is 9.83. The van der Waals surface area contributed by atoms with Crippen molar-refractivity contribution in [3.05, 3.63) is 218 Å². The Morgan fingerprint density at radius 1 is 0.394 bits per heavy atom. The van der Waals surface area contributed by atoms with Crippen molar-refractivity contribution in [3.8, 4) is 89.7 Å². The number of hydrogen-bond acceptors (Lipinski definition) is 3. The topological polar surface area (TPSA) is 50.9 Å². The smallest absolute Gasteiger partial charge is 0.149 e. The van der Waals surface area contributed by atoms with Crippen LogP contribution in [0.2, 0.25) is 0 Å². The minimum Gasteiger partial charge on any atom is -0.507 e. The number of aromatic hydroxyl groups is 1. The van der Waals surface area contributed by atoms with E-state index in [9.17, 15) is 5.11 Å². The number of hydrogen-bond donors (Lipinski definition) is 1. The number of benzene rings is 8. The monoisotopic (exact) mass is 855 g/mol. The van der Waals surface area contributed by atoms with E-state index in [2.05, 4.69) is 216 Å². The van der Waals surface area contributed by atoms with Gasteiger partial charge in [-0.25, -0.2) is 4.98 Å². The van der Waals surface area contributed by atoms with E-state index in [1.165, 1.54) is 22.3 Å². The van der Waals surface area contributed by atoms with Crippen molar-refractivity contribution in [3.63, 3.8) is 0 Å². The highest BCUT2D eigenvalue weighted by Crippen LogP contribution is 2.43. The minimum atomic E-state index is -0.0772. The molecule has 66 heavy (non-hydrogen) atoms. The Labute approximate surface area is 388 Å². The molecule has 0 radical (unpaired) electrons. The van der Waals surface area contributed by atoms with Gasteiger partial charge in [-0.1, -0.05) is 181 Å². The van der Waals surface area contributed by atoms with Crippen molar-refractivity contribution in [2.75, 3.05) is 0 Å². The molecule has 0 unspecified atom stereocenters. The maximum absolute atomic E-state index is 11.5. The molecule has 1 N–H and O–H groups in total. The summed E-state index contributed by atoms with van der Waals surface area (Å²) in [5.41, 5.74) is 18.8. The summed E-state index contributed by atoms with van der Waals surface area (Å²) in [5.74, 6) is 0.839. The zero-order valence-corrected chi connectivity index (χ0v) is 38.4. The van der Waals surface area contributed by atoms with Crippen molar-refractivity contribution >= 4 is 11.0 Å². The summed E-state index contributed by atoms with van der Waals surface area (Å²) < 4.78 is 2.24. The molecule has 0 spiro atoms. The number of pyridine rings is 1. The van der Waals surface area contributed by atoms with Crippen LogP contribution in [0, 0.1) is 0 Å². The van der Waals surface area contributed by atoms with Gasteiger partial charge in [0, 0.05) is 22.9 Å². The summed E-state index contributed by atoms with van der Waals surface area (Å²) >= 11 is 0. The SMILES string of the molecule is CC(C)(C)c1ccc(-c2cc(C(C)(C)C)ccc2-n2c(-c3ccccc3O)nc3c(-c4cc(-c5ccccc5)cc(-c5cc(-c6ccc(-c7ccccc7)cc6)ccn5)c4)cccc32)cc1. The number of aromatic nitrogens is 3. The molecule has 0 bridgehead atoms. The van der Waals surface area contributed by atoms with Crippen molar-refractivity contribution in [2.45, 2.75) is 52.4 Å². The fourth-order valence-corrected chi connectivity index (χ4v) is 8.98. The van der Waals surface area contributed by atoms with E-state index in [-0.39, 0.29) is 16.6 Å². The average Bonchev–Trinajstić information content (AvgIpc) is 3.73. The normalized spacial score (nSPS) is 11.8. The summed E-state index contributed by atoms with van der Waals surface area (Å²) in [6, 6.07) is 70.5. The quantitative estimate of drug-likeness (QED) is 0.166. The molecule has 0 saturated carbocycles. The highest BCUT2D eigenvalue weighted by Gasteiger charge is 2.25. The van der Waals surface area contributed by atoms with Gasteiger partial charge in [0.1, 0.15) is 11.6 Å². The van der Waals surface area contributed by atoms with E-state index in [0.29, 0.717) is 11.4 Å². The van der Waals surface area contributed by atoms with Crippen molar-refractivity contribution < 1.29 is 5.11 Å².